The maximum atomic E-state index is 14.2. The highest BCUT2D eigenvalue weighted by atomic mass is 32.1. The van der Waals surface area contributed by atoms with Crippen LogP contribution in [0.2, 0.25) is 0 Å². The van der Waals surface area contributed by atoms with Gasteiger partial charge in [0.2, 0.25) is 23.6 Å². The predicted molar refractivity (Wildman–Crippen MR) is 213 cm³/mol. The summed E-state index contributed by atoms with van der Waals surface area (Å²) in [5.41, 5.74) is 2.19. The van der Waals surface area contributed by atoms with Crippen molar-refractivity contribution in [2.75, 3.05) is 11.9 Å². The van der Waals surface area contributed by atoms with Gasteiger partial charge in [0.25, 0.3) is 5.91 Å². The van der Waals surface area contributed by atoms with Crippen LogP contribution < -0.4 is 26.6 Å². The molecule has 6 N–H and O–H groups in total. The maximum absolute atomic E-state index is 14.2. The molecule has 2 aromatic heterocycles. The number of Topliss-reactive ketones (excluding diaryl/α,β-unsaturated/α-hetero) is 1. The molecule has 14 nitrogen and oxygen atoms in total. The number of amides is 5. The Labute approximate surface area is 334 Å². The van der Waals surface area contributed by atoms with E-state index < -0.39 is 59.4 Å². The third-order valence-corrected chi connectivity index (χ3v) is 10.4. The molecule has 0 saturated carbocycles. The van der Waals surface area contributed by atoms with E-state index in [2.05, 4.69) is 31.6 Å². The van der Waals surface area contributed by atoms with Gasteiger partial charge in [-0.2, -0.15) is 0 Å². The van der Waals surface area contributed by atoms with Crippen LogP contribution in [0, 0.1) is 5.92 Å². The van der Waals surface area contributed by atoms with Crippen LogP contribution in [0.3, 0.4) is 0 Å². The molecule has 57 heavy (non-hydrogen) atoms. The molecule has 5 amide bonds. The quantitative estimate of drug-likeness (QED) is 0.0966. The average molecular weight is 795 g/mol. The number of carboxylic acid groups (broad SMARTS) is 1. The number of pyridine rings is 1. The second-order valence-electron chi connectivity index (χ2n) is 13.9. The molecule has 15 heteroatoms. The zero-order chi connectivity index (χ0) is 40.6. The number of carboxylic acids is 1. The Kier molecular flexibility index (Phi) is 15.6. The molecular weight excluding hydrogens is 749 g/mol. The number of nitrogens with zero attached hydrogens (tertiary/aromatic N) is 1. The van der Waals surface area contributed by atoms with Crippen LogP contribution in [-0.4, -0.2) is 76.0 Å². The summed E-state index contributed by atoms with van der Waals surface area (Å²) in [6, 6.07) is 19.1. The molecule has 0 unspecified atom stereocenters. The first kappa shape index (κ1) is 41.9. The molecule has 6 rings (SSSR count). The van der Waals surface area contributed by atoms with Crippen molar-refractivity contribution in [3.05, 3.63) is 118 Å². The number of thiophene rings is 1. The zero-order valence-electron chi connectivity index (χ0n) is 31.3. The van der Waals surface area contributed by atoms with Gasteiger partial charge in [0, 0.05) is 55.2 Å². The summed E-state index contributed by atoms with van der Waals surface area (Å²) in [5, 5.41) is 25.9. The van der Waals surface area contributed by atoms with Gasteiger partial charge < -0.3 is 31.7 Å². The number of nitrogens with one attached hydrogen (secondary N) is 5. The van der Waals surface area contributed by atoms with Crippen molar-refractivity contribution in [2.24, 2.45) is 5.92 Å². The maximum Gasteiger partial charge on any atom is 0.307 e. The van der Waals surface area contributed by atoms with E-state index in [1.165, 1.54) is 17.5 Å². The summed E-state index contributed by atoms with van der Waals surface area (Å²) in [5.74, 6) is -5.39. The number of hydrogen-bond acceptors (Lipinski definition) is 9. The lowest BCUT2D eigenvalue weighted by molar-refractivity contribution is -0.144. The molecule has 298 valence electrons. The van der Waals surface area contributed by atoms with Crippen LogP contribution in [0.1, 0.15) is 64.9 Å². The van der Waals surface area contributed by atoms with Gasteiger partial charge in [0.15, 0.2) is 5.78 Å². The number of carbonyl (C=O) groups excluding carboxylic acids is 6. The van der Waals surface area contributed by atoms with Gasteiger partial charge in [-0.1, -0.05) is 48.5 Å². The van der Waals surface area contributed by atoms with Crippen molar-refractivity contribution in [3.63, 3.8) is 0 Å². The lowest BCUT2D eigenvalue weighted by Crippen LogP contribution is -2.56. The SMILES string of the molecule is O=C1CCC(=O)N[C@H](Cc2cccs2)C(=O)N[C@@H](CCCCNC(=O)c2cccnc2)C(=O)N[C@H](Cc2ccccc2)C(=O)C[C@H](C(=O)O)Cc2ccc(cc2)N1. The number of rotatable bonds is 11. The fourth-order valence-corrected chi connectivity index (χ4v) is 7.13. The van der Waals surface area contributed by atoms with Crippen molar-refractivity contribution >= 4 is 58.3 Å². The highest BCUT2D eigenvalue weighted by molar-refractivity contribution is 7.09. The van der Waals surface area contributed by atoms with E-state index in [0.29, 0.717) is 29.7 Å². The largest absolute Gasteiger partial charge is 0.481 e. The molecule has 2 aromatic carbocycles. The molecule has 0 aliphatic carbocycles. The smallest absolute Gasteiger partial charge is 0.307 e. The first-order chi connectivity index (χ1) is 27.5. The van der Waals surface area contributed by atoms with Crippen molar-refractivity contribution in [1.82, 2.24) is 26.3 Å². The number of fused-ring (bicyclic) bond motifs is 18. The van der Waals surface area contributed by atoms with Crippen molar-refractivity contribution < 1.29 is 38.7 Å². The van der Waals surface area contributed by atoms with Gasteiger partial charge in [-0.25, -0.2) is 0 Å². The van der Waals surface area contributed by atoms with Crippen LogP contribution in [0.25, 0.3) is 0 Å². The summed E-state index contributed by atoms with van der Waals surface area (Å²) < 4.78 is 0. The summed E-state index contributed by atoms with van der Waals surface area (Å²) in [6.45, 7) is 0.273. The molecule has 0 fully saturated rings. The van der Waals surface area contributed by atoms with E-state index in [0.717, 1.165) is 10.4 Å². The molecular formula is C42H46N6O8S. The van der Waals surface area contributed by atoms with Crippen LogP contribution in [0.15, 0.2) is 96.6 Å². The number of ketones is 1. The molecule has 2 bridgehead atoms. The van der Waals surface area contributed by atoms with E-state index in [-0.39, 0.29) is 57.4 Å². The Morgan fingerprint density at radius 1 is 0.754 bits per heavy atom. The van der Waals surface area contributed by atoms with Gasteiger partial charge in [0.05, 0.1) is 17.5 Å². The number of carbonyl (C=O) groups is 7. The van der Waals surface area contributed by atoms with Gasteiger partial charge in [-0.05, 0) is 78.9 Å². The fourth-order valence-electron chi connectivity index (χ4n) is 6.38. The van der Waals surface area contributed by atoms with Gasteiger partial charge >= 0.3 is 5.97 Å². The summed E-state index contributed by atoms with van der Waals surface area (Å²) >= 11 is 1.39. The standard InChI is InChI=1S/C42H46N6O8S/c49-36-24-30(42(55)56)22-28-13-15-31(16-14-28)45-37(50)17-18-38(51)46-35(25-32-11-7-21-57-32)41(54)47-33(40(53)48-34(36)23-27-8-2-1-3-9-27)12-4-5-20-44-39(52)29-10-6-19-43-26-29/h1-3,6-11,13-16,19,21,26,30,33-35H,4-5,12,17-18,20,22-25H2,(H,44,52)(H,45,50)(H,46,51)(H,47,54)(H,48,53)(H,55,56)/t30-,33+,34-,35-/m1/s1. The molecule has 0 spiro atoms. The molecule has 4 aromatic rings. The molecule has 0 saturated heterocycles. The number of benzene rings is 2. The van der Waals surface area contributed by atoms with E-state index >= 15 is 0 Å². The first-order valence-corrected chi connectivity index (χ1v) is 19.7. The summed E-state index contributed by atoms with van der Waals surface area (Å²) in [6.07, 6.45) is 3.38. The molecule has 2 aliphatic heterocycles. The van der Waals surface area contributed by atoms with Crippen LogP contribution in [0.4, 0.5) is 5.69 Å². The lowest BCUT2D eigenvalue weighted by atomic mass is 9.90. The monoisotopic (exact) mass is 794 g/mol. The number of aliphatic carboxylic acids is 1. The van der Waals surface area contributed by atoms with Crippen molar-refractivity contribution in [1.29, 1.82) is 0 Å². The first-order valence-electron chi connectivity index (χ1n) is 18.8. The number of anilines is 1. The minimum Gasteiger partial charge on any atom is -0.481 e. The molecule has 0 radical (unpaired) electrons. The van der Waals surface area contributed by atoms with Gasteiger partial charge in [-0.3, -0.25) is 38.5 Å². The molecule has 4 atom stereocenters. The fraction of sp³-hybridized carbons (Fsp3) is 0.333. The van der Waals surface area contributed by atoms with Crippen LogP contribution >= 0.6 is 11.3 Å². The third-order valence-electron chi connectivity index (χ3n) is 9.48. The highest BCUT2D eigenvalue weighted by Gasteiger charge is 2.32. The number of aromatic nitrogens is 1. The predicted octanol–water partition coefficient (Wildman–Crippen LogP) is 3.62. The zero-order valence-corrected chi connectivity index (χ0v) is 32.1. The Morgan fingerprint density at radius 3 is 2.19 bits per heavy atom. The Balaban J connectivity index is 1.41. The average Bonchev–Trinajstić information content (AvgIpc) is 3.73. The number of unbranched alkanes of at least 4 members (excludes halogenated alkanes) is 1. The Bertz CT molecular complexity index is 1990. The van der Waals surface area contributed by atoms with E-state index in [9.17, 15) is 38.7 Å². The topological polar surface area (TPSA) is 213 Å². The molecule has 4 heterocycles. The lowest BCUT2D eigenvalue weighted by Gasteiger charge is -2.26. The van der Waals surface area contributed by atoms with Crippen molar-refractivity contribution in [3.8, 4) is 0 Å². The second kappa shape index (κ2) is 21.2. The van der Waals surface area contributed by atoms with Gasteiger partial charge in [0.1, 0.15) is 12.1 Å². The summed E-state index contributed by atoms with van der Waals surface area (Å²) in [4.78, 5) is 97.9. The normalized spacial score (nSPS) is 20.0. The van der Waals surface area contributed by atoms with Gasteiger partial charge in [-0.15, -0.1) is 11.3 Å². The Morgan fingerprint density at radius 2 is 1.49 bits per heavy atom. The van der Waals surface area contributed by atoms with Crippen LogP contribution in [0.5, 0.6) is 0 Å². The molecule has 2 aliphatic rings. The van der Waals surface area contributed by atoms with Crippen molar-refractivity contribution in [2.45, 2.75) is 75.9 Å². The van der Waals surface area contributed by atoms with Crippen LogP contribution in [-0.2, 0) is 48.0 Å². The summed E-state index contributed by atoms with van der Waals surface area (Å²) in [7, 11) is 0. The third kappa shape index (κ3) is 13.5. The minimum absolute atomic E-state index is 0.0170. The van der Waals surface area contributed by atoms with E-state index in [1.54, 1.807) is 66.9 Å². The number of hydrogen-bond donors (Lipinski definition) is 6. The van der Waals surface area contributed by atoms with E-state index in [1.807, 2.05) is 23.6 Å². The highest BCUT2D eigenvalue weighted by Crippen LogP contribution is 2.19. The minimum atomic E-state index is -1.18. The second-order valence-corrected chi connectivity index (χ2v) is 14.9. The van der Waals surface area contributed by atoms with E-state index in [4.69, 9.17) is 0 Å². The Hall–Kier alpha value is -6.22.